The topological polar surface area (TPSA) is 135 Å². The lowest BCUT2D eigenvalue weighted by molar-refractivity contribution is -0.00786. The van der Waals surface area contributed by atoms with E-state index in [2.05, 4.69) is 26.1 Å². The van der Waals surface area contributed by atoms with Crippen molar-refractivity contribution in [1.29, 1.82) is 5.26 Å². The van der Waals surface area contributed by atoms with Crippen LogP contribution in [-0.4, -0.2) is 66.9 Å². The normalized spacial score (nSPS) is 15.7. The monoisotopic (exact) mass is 511 g/mol. The van der Waals surface area contributed by atoms with Gasteiger partial charge in [-0.1, -0.05) is 16.8 Å². The van der Waals surface area contributed by atoms with Gasteiger partial charge in [-0.15, -0.1) is 0 Å². The molecular weight excluding hydrogens is 486 g/mol. The second-order valence-electron chi connectivity index (χ2n) is 9.38. The number of imidazole rings is 1. The minimum Gasteiger partial charge on any atom is -0.393 e. The van der Waals surface area contributed by atoms with E-state index in [9.17, 15) is 15.2 Å². The SMILES string of the molecule is COC(C)(C)c1nc(-c2ncn3c2c(=O)n(CCN2CCC(O)CC2)c2c(C#N)c(Cl)ccc23)no1. The summed E-state index contributed by atoms with van der Waals surface area (Å²) in [6.07, 6.45) is 2.60. The largest absolute Gasteiger partial charge is 0.393 e. The summed E-state index contributed by atoms with van der Waals surface area (Å²) in [4.78, 5) is 25.0. The minimum atomic E-state index is -0.811. The minimum absolute atomic E-state index is 0.167. The molecular formula is C24H26ClN7O4. The number of rotatable bonds is 6. The maximum absolute atomic E-state index is 13.9. The first-order chi connectivity index (χ1) is 17.2. The fraction of sp³-hybridized carbons (Fsp3) is 0.458. The van der Waals surface area contributed by atoms with Crippen LogP contribution in [0.4, 0.5) is 0 Å². The molecule has 0 radical (unpaired) electrons. The number of nitrogens with zero attached hydrogens (tertiary/aromatic N) is 7. The number of likely N-dealkylation sites (tertiary alicyclic amines) is 1. The van der Waals surface area contributed by atoms with Crippen LogP contribution in [0.2, 0.25) is 5.02 Å². The Morgan fingerprint density at radius 3 is 2.72 bits per heavy atom. The fourth-order valence-electron chi connectivity index (χ4n) is 4.51. The Labute approximate surface area is 211 Å². The average molecular weight is 512 g/mol. The molecule has 4 heterocycles. The molecule has 188 valence electrons. The zero-order chi connectivity index (χ0) is 25.6. The molecule has 4 aromatic rings. The van der Waals surface area contributed by atoms with Gasteiger partial charge in [0.05, 0.1) is 27.7 Å². The molecule has 1 fully saturated rings. The lowest BCUT2D eigenvalue weighted by atomic mass is 10.1. The van der Waals surface area contributed by atoms with E-state index in [1.165, 1.54) is 6.33 Å². The van der Waals surface area contributed by atoms with Crippen molar-refractivity contribution in [2.24, 2.45) is 0 Å². The molecule has 0 aliphatic carbocycles. The van der Waals surface area contributed by atoms with Crippen molar-refractivity contribution in [3.05, 3.63) is 45.3 Å². The van der Waals surface area contributed by atoms with Crippen LogP contribution in [-0.2, 0) is 16.9 Å². The number of hydrogen-bond acceptors (Lipinski definition) is 9. The summed E-state index contributed by atoms with van der Waals surface area (Å²) in [7, 11) is 1.54. The van der Waals surface area contributed by atoms with Crippen molar-refractivity contribution in [2.45, 2.75) is 44.9 Å². The predicted molar refractivity (Wildman–Crippen MR) is 132 cm³/mol. The van der Waals surface area contributed by atoms with E-state index >= 15 is 0 Å². The Hall–Kier alpha value is -3.30. The van der Waals surface area contributed by atoms with E-state index in [4.69, 9.17) is 20.9 Å². The van der Waals surface area contributed by atoms with Crippen molar-refractivity contribution in [3.63, 3.8) is 0 Å². The van der Waals surface area contributed by atoms with Gasteiger partial charge in [-0.05, 0) is 38.8 Å². The third-order valence-corrected chi connectivity index (χ3v) is 7.14. The average Bonchev–Trinajstić information content (AvgIpc) is 3.53. The molecule has 1 aromatic carbocycles. The molecule has 0 bridgehead atoms. The highest BCUT2D eigenvalue weighted by Crippen LogP contribution is 2.29. The van der Waals surface area contributed by atoms with Gasteiger partial charge in [0.2, 0.25) is 5.82 Å². The smallest absolute Gasteiger partial charge is 0.277 e. The number of ether oxygens (including phenoxy) is 1. The number of aliphatic hydroxyl groups excluding tert-OH is 1. The van der Waals surface area contributed by atoms with Gasteiger partial charge in [0.1, 0.15) is 29.2 Å². The van der Waals surface area contributed by atoms with E-state index in [0.717, 1.165) is 13.1 Å². The van der Waals surface area contributed by atoms with E-state index in [-0.39, 0.29) is 45.2 Å². The molecule has 1 aliphatic rings. The first-order valence-corrected chi connectivity index (χ1v) is 12.0. The second-order valence-corrected chi connectivity index (χ2v) is 9.79. The van der Waals surface area contributed by atoms with Crippen LogP contribution in [0, 0.1) is 11.3 Å². The molecule has 1 saturated heterocycles. The summed E-state index contributed by atoms with van der Waals surface area (Å²) in [5, 5.41) is 24.0. The van der Waals surface area contributed by atoms with E-state index < -0.39 is 5.60 Å². The van der Waals surface area contributed by atoms with Crippen LogP contribution in [0.5, 0.6) is 0 Å². The van der Waals surface area contributed by atoms with Crippen molar-refractivity contribution in [1.82, 2.24) is 29.0 Å². The number of fused-ring (bicyclic) bond motifs is 3. The molecule has 11 nitrogen and oxygen atoms in total. The fourth-order valence-corrected chi connectivity index (χ4v) is 4.70. The van der Waals surface area contributed by atoms with Crippen LogP contribution >= 0.6 is 11.6 Å². The van der Waals surface area contributed by atoms with E-state index in [0.29, 0.717) is 37.0 Å². The molecule has 5 rings (SSSR count). The van der Waals surface area contributed by atoms with Crippen molar-refractivity contribution >= 4 is 28.2 Å². The predicted octanol–water partition coefficient (Wildman–Crippen LogP) is 2.56. The number of aromatic nitrogens is 5. The Morgan fingerprint density at radius 1 is 1.28 bits per heavy atom. The molecule has 3 aromatic heterocycles. The summed E-state index contributed by atoms with van der Waals surface area (Å²) < 4.78 is 14.0. The lowest BCUT2D eigenvalue weighted by Crippen LogP contribution is -2.39. The first kappa shape index (κ1) is 24.4. The highest BCUT2D eigenvalue weighted by molar-refractivity contribution is 6.32. The van der Waals surface area contributed by atoms with Gasteiger partial charge in [-0.3, -0.25) is 9.20 Å². The van der Waals surface area contributed by atoms with Crippen LogP contribution in [0.25, 0.3) is 28.1 Å². The summed E-state index contributed by atoms with van der Waals surface area (Å²) in [5.74, 6) is 0.424. The highest BCUT2D eigenvalue weighted by Gasteiger charge is 2.29. The van der Waals surface area contributed by atoms with Crippen LogP contribution in [0.1, 0.15) is 38.1 Å². The molecule has 0 spiro atoms. The van der Waals surface area contributed by atoms with Crippen molar-refractivity contribution in [2.75, 3.05) is 26.7 Å². The molecule has 1 N–H and O–H groups in total. The number of hydrogen-bond donors (Lipinski definition) is 1. The summed E-state index contributed by atoms with van der Waals surface area (Å²) >= 11 is 6.36. The third kappa shape index (κ3) is 4.06. The van der Waals surface area contributed by atoms with Gasteiger partial charge >= 0.3 is 0 Å². The van der Waals surface area contributed by atoms with Crippen LogP contribution < -0.4 is 5.56 Å². The van der Waals surface area contributed by atoms with Gasteiger partial charge < -0.3 is 23.8 Å². The van der Waals surface area contributed by atoms with Gasteiger partial charge in [-0.25, -0.2) is 4.98 Å². The number of piperidine rings is 1. The van der Waals surface area contributed by atoms with Crippen molar-refractivity contribution < 1.29 is 14.4 Å². The number of nitriles is 1. The number of methoxy groups -OCH3 is 1. The first-order valence-electron chi connectivity index (χ1n) is 11.7. The molecule has 36 heavy (non-hydrogen) atoms. The Kier molecular flexibility index (Phi) is 6.30. The Balaban J connectivity index is 1.68. The second kappa shape index (κ2) is 9.29. The third-order valence-electron chi connectivity index (χ3n) is 6.82. The molecule has 0 saturated carbocycles. The van der Waals surface area contributed by atoms with Crippen LogP contribution in [0.3, 0.4) is 0 Å². The van der Waals surface area contributed by atoms with Gasteiger partial charge in [0, 0.05) is 33.3 Å². The summed E-state index contributed by atoms with van der Waals surface area (Å²) in [5.41, 5.74) is 0.660. The van der Waals surface area contributed by atoms with E-state index in [1.54, 1.807) is 42.1 Å². The standard InChI is InChI=1S/C24H26ClN7O4/c1-24(2,35-3)23-28-21(29-36-23)18-20-22(34)31(11-10-30-8-6-14(33)7-9-30)19-15(12-26)16(25)4-5-17(19)32(20)13-27-18/h4-5,13-14,33H,6-11H2,1-3H3. The number of halogens is 1. The number of benzene rings is 1. The highest BCUT2D eigenvalue weighted by atomic mass is 35.5. The molecule has 0 unspecified atom stereocenters. The zero-order valence-corrected chi connectivity index (χ0v) is 21.0. The van der Waals surface area contributed by atoms with Gasteiger partial charge in [-0.2, -0.15) is 10.2 Å². The zero-order valence-electron chi connectivity index (χ0n) is 20.2. The van der Waals surface area contributed by atoms with Crippen LogP contribution in [0.15, 0.2) is 27.8 Å². The maximum Gasteiger partial charge on any atom is 0.277 e. The van der Waals surface area contributed by atoms with Gasteiger partial charge in [0.25, 0.3) is 11.4 Å². The maximum atomic E-state index is 13.9. The summed E-state index contributed by atoms with van der Waals surface area (Å²) in [6.45, 7) is 5.97. The summed E-state index contributed by atoms with van der Waals surface area (Å²) in [6, 6.07) is 5.55. The molecule has 1 aliphatic heterocycles. The van der Waals surface area contributed by atoms with E-state index in [1.807, 2.05) is 0 Å². The quantitative estimate of drug-likeness (QED) is 0.414. The van der Waals surface area contributed by atoms with Crippen molar-refractivity contribution in [3.8, 4) is 17.6 Å². The van der Waals surface area contributed by atoms with Gasteiger partial charge in [0.15, 0.2) is 0 Å². The lowest BCUT2D eigenvalue weighted by Gasteiger charge is -2.29. The Bertz CT molecular complexity index is 1540. The number of aliphatic hydroxyl groups is 1. The molecule has 0 amide bonds. The Morgan fingerprint density at radius 2 is 2.03 bits per heavy atom. The molecule has 12 heteroatoms. The molecule has 0 atom stereocenters.